The van der Waals surface area contributed by atoms with Crippen LogP contribution in [0.1, 0.15) is 0 Å². The summed E-state index contributed by atoms with van der Waals surface area (Å²) in [6.07, 6.45) is -0.588. The summed E-state index contributed by atoms with van der Waals surface area (Å²) in [6, 6.07) is 19.0. The lowest BCUT2D eigenvalue weighted by Gasteiger charge is -2.37. The van der Waals surface area contributed by atoms with E-state index >= 15 is 0 Å². The van der Waals surface area contributed by atoms with Crippen molar-refractivity contribution in [3.05, 3.63) is 60.7 Å². The van der Waals surface area contributed by atoms with Crippen molar-refractivity contribution in [1.82, 2.24) is 4.90 Å². The summed E-state index contributed by atoms with van der Waals surface area (Å²) >= 11 is 0. The number of phenolic OH excluding ortho intramolecular Hbond substituents is 1. The number of nitrogens with zero attached hydrogens (tertiary/aromatic N) is 2. The molecule has 4 rings (SSSR count). The Labute approximate surface area is 176 Å². The number of ether oxygens (including phenoxy) is 2. The fraction of sp³-hybridized carbons (Fsp3) is 0.333. The van der Waals surface area contributed by atoms with Gasteiger partial charge in [-0.2, -0.15) is 0 Å². The summed E-state index contributed by atoms with van der Waals surface area (Å²) < 4.78 is 11.4. The summed E-state index contributed by atoms with van der Waals surface area (Å²) in [5.41, 5.74) is 1.11. The molecule has 1 aliphatic rings. The van der Waals surface area contributed by atoms with Crippen LogP contribution in [0.3, 0.4) is 0 Å². The lowest BCUT2D eigenvalue weighted by Crippen LogP contribution is -2.49. The van der Waals surface area contributed by atoms with Gasteiger partial charge in [0.25, 0.3) is 0 Å². The van der Waals surface area contributed by atoms with Gasteiger partial charge in [0.2, 0.25) is 0 Å². The number of methoxy groups -OCH3 is 1. The number of β-amino-alcohol motifs (C(OH)–C–C–N with tert-alkyl or cyclic N) is 1. The quantitative estimate of drug-likeness (QED) is 0.626. The molecule has 0 bridgehead atoms. The molecule has 1 unspecified atom stereocenters. The smallest absolute Gasteiger partial charge is 0.142 e. The van der Waals surface area contributed by atoms with Gasteiger partial charge in [0, 0.05) is 43.5 Å². The van der Waals surface area contributed by atoms with Gasteiger partial charge in [-0.05, 0) is 24.3 Å². The van der Waals surface area contributed by atoms with E-state index in [2.05, 4.69) is 15.9 Å². The number of rotatable bonds is 7. The molecule has 0 aromatic heterocycles. The largest absolute Gasteiger partial charge is 0.507 e. The minimum absolute atomic E-state index is 0.210. The molecule has 3 aromatic carbocycles. The molecule has 1 aliphatic heterocycles. The molecule has 2 N–H and O–H groups in total. The van der Waals surface area contributed by atoms with Crippen molar-refractivity contribution in [2.75, 3.05) is 51.3 Å². The van der Waals surface area contributed by atoms with Crippen LogP contribution in [0.25, 0.3) is 10.8 Å². The highest BCUT2D eigenvalue weighted by atomic mass is 16.5. The zero-order valence-electron chi connectivity index (χ0n) is 17.2. The van der Waals surface area contributed by atoms with E-state index < -0.39 is 6.10 Å². The number of aromatic hydroxyl groups is 1. The standard InChI is InChI=1S/C24H28N2O4/c1-29-24-10-3-2-8-21(24)26-14-12-25(13-15-26)16-18(27)17-30-23-11-5-6-19-20(23)7-4-9-22(19)28/h2-11,18,27-28H,12-17H2,1H3. The average molecular weight is 408 g/mol. The van der Waals surface area contributed by atoms with E-state index in [4.69, 9.17) is 9.47 Å². The topological polar surface area (TPSA) is 65.4 Å². The second-order valence-electron chi connectivity index (χ2n) is 7.55. The number of anilines is 1. The van der Waals surface area contributed by atoms with Gasteiger partial charge < -0.3 is 24.6 Å². The molecule has 0 saturated carbocycles. The van der Waals surface area contributed by atoms with Crippen LogP contribution < -0.4 is 14.4 Å². The lowest BCUT2D eigenvalue weighted by molar-refractivity contribution is 0.0668. The number of aliphatic hydroxyl groups is 1. The molecule has 1 fully saturated rings. The van der Waals surface area contributed by atoms with E-state index in [9.17, 15) is 10.2 Å². The first-order valence-corrected chi connectivity index (χ1v) is 10.3. The summed E-state index contributed by atoms with van der Waals surface area (Å²) in [4.78, 5) is 4.58. The predicted molar refractivity (Wildman–Crippen MR) is 119 cm³/mol. The molecule has 0 radical (unpaired) electrons. The van der Waals surface area contributed by atoms with Crippen molar-refractivity contribution in [1.29, 1.82) is 0 Å². The van der Waals surface area contributed by atoms with Gasteiger partial charge >= 0.3 is 0 Å². The second kappa shape index (κ2) is 9.24. The van der Waals surface area contributed by atoms with Gasteiger partial charge in [-0.3, -0.25) is 4.90 Å². The minimum Gasteiger partial charge on any atom is -0.507 e. The zero-order valence-corrected chi connectivity index (χ0v) is 17.2. The Bertz CT molecular complexity index is 986. The first kappa shape index (κ1) is 20.3. The van der Waals surface area contributed by atoms with Crippen molar-refractivity contribution in [3.63, 3.8) is 0 Å². The van der Waals surface area contributed by atoms with Crippen molar-refractivity contribution >= 4 is 16.5 Å². The van der Waals surface area contributed by atoms with Gasteiger partial charge in [-0.15, -0.1) is 0 Å². The number of aliphatic hydroxyl groups excluding tert-OH is 1. The predicted octanol–water partition coefficient (Wildman–Crippen LogP) is 3.12. The van der Waals surface area contributed by atoms with Crippen LogP contribution >= 0.6 is 0 Å². The Kier molecular flexibility index (Phi) is 6.26. The number of fused-ring (bicyclic) bond motifs is 1. The molecule has 1 saturated heterocycles. The van der Waals surface area contributed by atoms with Crippen molar-refractivity contribution < 1.29 is 19.7 Å². The van der Waals surface area contributed by atoms with Gasteiger partial charge in [-0.25, -0.2) is 0 Å². The molecule has 1 heterocycles. The molecule has 3 aromatic rings. The summed E-state index contributed by atoms with van der Waals surface area (Å²) in [6.45, 7) is 4.29. The lowest BCUT2D eigenvalue weighted by atomic mass is 10.1. The number of piperazine rings is 1. The Balaban J connectivity index is 1.30. The number of hydrogen-bond donors (Lipinski definition) is 2. The van der Waals surface area contributed by atoms with Gasteiger partial charge in [-0.1, -0.05) is 36.4 Å². The number of benzene rings is 3. The highest BCUT2D eigenvalue weighted by molar-refractivity contribution is 5.92. The molecule has 0 aliphatic carbocycles. The van der Waals surface area contributed by atoms with E-state index in [-0.39, 0.29) is 12.4 Å². The van der Waals surface area contributed by atoms with Crippen LogP contribution in [-0.2, 0) is 0 Å². The molecule has 30 heavy (non-hydrogen) atoms. The Morgan fingerprint density at radius 3 is 2.37 bits per heavy atom. The van der Waals surface area contributed by atoms with Crippen LogP contribution in [0.15, 0.2) is 60.7 Å². The van der Waals surface area contributed by atoms with Crippen molar-refractivity contribution in [2.24, 2.45) is 0 Å². The van der Waals surface area contributed by atoms with E-state index in [1.54, 1.807) is 19.2 Å². The number of para-hydroxylation sites is 2. The van der Waals surface area contributed by atoms with Crippen LogP contribution in [0, 0.1) is 0 Å². The first-order chi connectivity index (χ1) is 14.7. The minimum atomic E-state index is -0.588. The average Bonchev–Trinajstić information content (AvgIpc) is 2.78. The summed E-state index contributed by atoms with van der Waals surface area (Å²) in [5.74, 6) is 1.79. The number of hydrogen-bond acceptors (Lipinski definition) is 6. The molecular formula is C24H28N2O4. The summed E-state index contributed by atoms with van der Waals surface area (Å²) in [7, 11) is 1.70. The third-order valence-electron chi connectivity index (χ3n) is 5.56. The SMILES string of the molecule is COc1ccccc1N1CCN(CC(O)COc2cccc3c(O)cccc23)CC1. The van der Waals surface area contributed by atoms with Crippen molar-refractivity contribution in [3.8, 4) is 17.2 Å². The number of phenols is 1. The Morgan fingerprint density at radius 1 is 0.867 bits per heavy atom. The molecular weight excluding hydrogens is 380 g/mol. The van der Waals surface area contributed by atoms with Crippen LogP contribution in [0.2, 0.25) is 0 Å². The normalized spacial score (nSPS) is 15.9. The van der Waals surface area contributed by atoms with Crippen LogP contribution in [-0.4, -0.2) is 67.7 Å². The van der Waals surface area contributed by atoms with Gasteiger partial charge in [0.05, 0.1) is 12.8 Å². The maximum Gasteiger partial charge on any atom is 0.142 e. The van der Waals surface area contributed by atoms with E-state index in [1.165, 1.54) is 0 Å². The van der Waals surface area contributed by atoms with Crippen LogP contribution in [0.5, 0.6) is 17.2 Å². The zero-order chi connectivity index (χ0) is 20.9. The maximum atomic E-state index is 10.5. The molecule has 158 valence electrons. The highest BCUT2D eigenvalue weighted by Crippen LogP contribution is 2.31. The molecule has 6 nitrogen and oxygen atoms in total. The fourth-order valence-electron chi connectivity index (χ4n) is 3.99. The molecule has 6 heteroatoms. The third kappa shape index (κ3) is 4.45. The van der Waals surface area contributed by atoms with Gasteiger partial charge in [0.15, 0.2) is 0 Å². The fourth-order valence-corrected chi connectivity index (χ4v) is 3.99. The van der Waals surface area contributed by atoms with Crippen molar-refractivity contribution in [2.45, 2.75) is 6.10 Å². The summed E-state index contributed by atoms with van der Waals surface area (Å²) in [5, 5.41) is 22.1. The molecule has 0 amide bonds. The van der Waals surface area contributed by atoms with E-state index in [0.29, 0.717) is 12.3 Å². The second-order valence-corrected chi connectivity index (χ2v) is 7.55. The Hall–Kier alpha value is -2.96. The Morgan fingerprint density at radius 2 is 1.57 bits per heavy atom. The van der Waals surface area contributed by atoms with E-state index in [0.717, 1.165) is 48.4 Å². The molecule has 1 atom stereocenters. The van der Waals surface area contributed by atoms with Gasteiger partial charge in [0.1, 0.15) is 30.0 Å². The first-order valence-electron chi connectivity index (χ1n) is 10.3. The molecule has 0 spiro atoms. The highest BCUT2D eigenvalue weighted by Gasteiger charge is 2.21. The maximum absolute atomic E-state index is 10.5. The third-order valence-corrected chi connectivity index (χ3v) is 5.56. The van der Waals surface area contributed by atoms with E-state index in [1.807, 2.05) is 42.5 Å². The monoisotopic (exact) mass is 408 g/mol. The van der Waals surface area contributed by atoms with Crippen LogP contribution in [0.4, 0.5) is 5.69 Å².